The molecule has 0 aliphatic carbocycles. The van der Waals surface area contributed by atoms with Crippen LogP contribution in [0.3, 0.4) is 0 Å². The summed E-state index contributed by atoms with van der Waals surface area (Å²) < 4.78 is 38.2. The van der Waals surface area contributed by atoms with E-state index < -0.39 is 10.0 Å². The third kappa shape index (κ3) is 7.26. The number of likely N-dealkylation sites (tertiary alicyclic amines) is 1. The van der Waals surface area contributed by atoms with Crippen molar-refractivity contribution in [2.75, 3.05) is 43.6 Å². The number of anilines is 3. The Labute approximate surface area is 257 Å². The van der Waals surface area contributed by atoms with Crippen LogP contribution in [0.1, 0.15) is 18.4 Å². The summed E-state index contributed by atoms with van der Waals surface area (Å²) in [6.07, 6.45) is 3.79. The van der Waals surface area contributed by atoms with E-state index in [2.05, 4.69) is 33.3 Å². The lowest BCUT2D eigenvalue weighted by molar-refractivity contribution is -0.128. The first kappa shape index (κ1) is 30.8. The maximum Gasteiger partial charge on any atom is 0.322 e. The maximum atomic E-state index is 13.2. The smallest absolute Gasteiger partial charge is 0.322 e. The Bertz CT molecular complexity index is 1670. The van der Waals surface area contributed by atoms with E-state index >= 15 is 0 Å². The van der Waals surface area contributed by atoms with Crippen LogP contribution in [0.25, 0.3) is 11.3 Å². The van der Waals surface area contributed by atoms with Gasteiger partial charge in [0.25, 0.3) is 10.0 Å². The fourth-order valence-corrected chi connectivity index (χ4v) is 6.16. The first-order valence-electron chi connectivity index (χ1n) is 14.2. The molecule has 0 unspecified atom stereocenters. The molecule has 0 atom stereocenters. The summed E-state index contributed by atoms with van der Waals surface area (Å²) >= 11 is 0. The van der Waals surface area contributed by atoms with Gasteiger partial charge in [0.05, 0.1) is 30.0 Å². The third-order valence-electron chi connectivity index (χ3n) is 7.52. The van der Waals surface area contributed by atoms with Crippen LogP contribution in [0.5, 0.6) is 11.5 Å². The van der Waals surface area contributed by atoms with Crippen molar-refractivity contribution in [2.45, 2.75) is 24.7 Å². The molecule has 0 bridgehead atoms. The molecule has 0 spiro atoms. The van der Waals surface area contributed by atoms with Gasteiger partial charge < -0.3 is 24.5 Å². The minimum atomic E-state index is -4.20. The minimum absolute atomic E-state index is 0.0612. The molecule has 5 rings (SSSR count). The van der Waals surface area contributed by atoms with Crippen LogP contribution < -0.4 is 19.3 Å². The zero-order chi connectivity index (χ0) is 31.1. The maximum absolute atomic E-state index is 13.2. The molecule has 3 aromatic carbocycles. The van der Waals surface area contributed by atoms with E-state index in [0.29, 0.717) is 27.6 Å². The third-order valence-corrected chi connectivity index (χ3v) is 9.12. The van der Waals surface area contributed by atoms with Gasteiger partial charge in [-0.1, -0.05) is 4.47 Å². The molecule has 1 fully saturated rings. The highest BCUT2D eigenvalue weighted by atomic mass is 32.2. The standard InChI is InChI=1S/C32H35N5O6S/c1-23-18-25(4-13-31(23)42-20-24-14-16-36(2)17-15-24)30-19-32(34-21-33-30)35-26-5-7-27(8-6-26)37(43-22-38)44(39,40)29-11-9-28(41-3)10-12-29/h4-13,18-19,21-22,24H,14-17,20H2,1-3H3,(H,33,34,35). The van der Waals surface area contributed by atoms with E-state index in [1.165, 1.54) is 49.8 Å². The van der Waals surface area contributed by atoms with E-state index in [1.807, 2.05) is 25.1 Å². The molecule has 44 heavy (non-hydrogen) atoms. The van der Waals surface area contributed by atoms with Crippen molar-refractivity contribution in [1.82, 2.24) is 14.9 Å². The molecular weight excluding hydrogens is 582 g/mol. The molecule has 230 valence electrons. The van der Waals surface area contributed by atoms with Gasteiger partial charge in [-0.25, -0.2) is 9.97 Å². The van der Waals surface area contributed by atoms with Crippen molar-refractivity contribution in [2.24, 2.45) is 5.92 Å². The van der Waals surface area contributed by atoms with Crippen molar-refractivity contribution >= 4 is 33.7 Å². The summed E-state index contributed by atoms with van der Waals surface area (Å²) in [5.74, 6) is 2.50. The first-order chi connectivity index (χ1) is 21.3. The number of benzene rings is 3. The number of rotatable bonds is 12. The SMILES string of the molecule is COc1ccc(S(=O)(=O)N(OC=O)c2ccc(Nc3cc(-c4ccc(OCC5CCN(C)CC5)c(C)c4)ncn3)cc2)cc1. The number of methoxy groups -OCH3 is 1. The zero-order valence-corrected chi connectivity index (χ0v) is 25.7. The normalized spacial score (nSPS) is 14.1. The Morgan fingerprint density at radius 1 is 1.00 bits per heavy atom. The van der Waals surface area contributed by atoms with Gasteiger partial charge in [-0.05, 0) is 118 Å². The molecular formula is C32H35N5O6S. The predicted octanol–water partition coefficient (Wildman–Crippen LogP) is 5.21. The Kier molecular flexibility index (Phi) is 9.61. The molecule has 2 heterocycles. The number of aromatic nitrogens is 2. The van der Waals surface area contributed by atoms with Crippen LogP contribution in [0.2, 0.25) is 0 Å². The number of carbonyl (C=O) groups excluding carboxylic acids is 1. The average molecular weight is 618 g/mol. The highest BCUT2D eigenvalue weighted by Gasteiger charge is 2.27. The molecule has 0 radical (unpaired) electrons. The van der Waals surface area contributed by atoms with Gasteiger partial charge in [0.2, 0.25) is 0 Å². The quantitative estimate of drug-likeness (QED) is 0.167. The molecule has 0 saturated carbocycles. The Hall–Kier alpha value is -4.68. The van der Waals surface area contributed by atoms with E-state index in [9.17, 15) is 13.2 Å². The van der Waals surface area contributed by atoms with E-state index in [-0.39, 0.29) is 17.1 Å². The lowest BCUT2D eigenvalue weighted by Gasteiger charge is -2.28. The van der Waals surface area contributed by atoms with Gasteiger partial charge >= 0.3 is 6.47 Å². The number of hydrogen-bond acceptors (Lipinski definition) is 10. The summed E-state index contributed by atoms with van der Waals surface area (Å²) in [5.41, 5.74) is 3.47. The molecule has 12 heteroatoms. The van der Waals surface area contributed by atoms with Gasteiger partial charge in [-0.3, -0.25) is 4.79 Å². The number of carbonyl (C=O) groups is 1. The second-order valence-corrected chi connectivity index (χ2v) is 12.4. The number of ether oxygens (including phenoxy) is 2. The van der Waals surface area contributed by atoms with Crippen molar-refractivity contribution in [3.8, 4) is 22.8 Å². The first-order valence-corrected chi connectivity index (χ1v) is 15.6. The van der Waals surface area contributed by atoms with Gasteiger partial charge in [-0.2, -0.15) is 8.42 Å². The Balaban J connectivity index is 1.26. The molecule has 1 aliphatic rings. The van der Waals surface area contributed by atoms with Crippen LogP contribution in [0.15, 0.2) is 84.0 Å². The monoisotopic (exact) mass is 617 g/mol. The fourth-order valence-electron chi connectivity index (χ4n) is 4.94. The van der Waals surface area contributed by atoms with E-state index in [4.69, 9.17) is 14.3 Å². The second-order valence-electron chi connectivity index (χ2n) is 10.6. The highest BCUT2D eigenvalue weighted by Crippen LogP contribution is 2.30. The van der Waals surface area contributed by atoms with Crippen LogP contribution in [-0.4, -0.2) is 63.6 Å². The molecule has 1 N–H and O–H groups in total. The molecule has 1 saturated heterocycles. The number of nitrogens with one attached hydrogen (secondary N) is 1. The average Bonchev–Trinajstić information content (AvgIpc) is 3.04. The van der Waals surface area contributed by atoms with Crippen LogP contribution in [0, 0.1) is 12.8 Å². The summed E-state index contributed by atoms with van der Waals surface area (Å²) in [6.45, 7) is 5.04. The molecule has 1 aromatic heterocycles. The molecule has 11 nitrogen and oxygen atoms in total. The predicted molar refractivity (Wildman–Crippen MR) is 167 cm³/mol. The number of sulfonamides is 1. The number of nitrogens with zero attached hydrogens (tertiary/aromatic N) is 4. The van der Waals surface area contributed by atoms with Crippen LogP contribution in [-0.2, 0) is 19.7 Å². The number of aryl methyl sites for hydroxylation is 1. The topological polar surface area (TPSA) is 123 Å². The van der Waals surface area contributed by atoms with Crippen molar-refractivity contribution in [3.63, 3.8) is 0 Å². The van der Waals surface area contributed by atoms with Crippen LogP contribution >= 0.6 is 0 Å². The van der Waals surface area contributed by atoms with Crippen molar-refractivity contribution in [3.05, 3.63) is 84.7 Å². The van der Waals surface area contributed by atoms with Crippen LogP contribution in [0.4, 0.5) is 17.2 Å². The van der Waals surface area contributed by atoms with Gasteiger partial charge in [0.15, 0.2) is 0 Å². The number of piperidine rings is 1. The summed E-state index contributed by atoms with van der Waals surface area (Å²) in [7, 11) is -0.557. The van der Waals surface area contributed by atoms with Gasteiger partial charge in [0, 0.05) is 17.3 Å². The Morgan fingerprint density at radius 2 is 1.73 bits per heavy atom. The number of hydrogen-bond donors (Lipinski definition) is 1. The van der Waals surface area contributed by atoms with Gasteiger partial charge in [-0.15, -0.1) is 0 Å². The fraction of sp³-hybridized carbons (Fsp3) is 0.281. The lowest BCUT2D eigenvalue weighted by Crippen LogP contribution is -2.32. The van der Waals surface area contributed by atoms with Crippen molar-refractivity contribution in [1.29, 1.82) is 0 Å². The molecule has 1 aliphatic heterocycles. The largest absolute Gasteiger partial charge is 0.497 e. The zero-order valence-electron chi connectivity index (χ0n) is 24.8. The summed E-state index contributed by atoms with van der Waals surface area (Å²) in [4.78, 5) is 27.1. The Morgan fingerprint density at radius 3 is 2.39 bits per heavy atom. The lowest BCUT2D eigenvalue weighted by atomic mass is 9.98. The highest BCUT2D eigenvalue weighted by molar-refractivity contribution is 7.92. The van der Waals surface area contributed by atoms with Crippen molar-refractivity contribution < 1.29 is 27.5 Å². The van der Waals surface area contributed by atoms with E-state index in [1.54, 1.807) is 12.1 Å². The van der Waals surface area contributed by atoms with Gasteiger partial charge in [0.1, 0.15) is 23.6 Å². The minimum Gasteiger partial charge on any atom is -0.497 e. The second kappa shape index (κ2) is 13.7. The summed E-state index contributed by atoms with van der Waals surface area (Å²) in [5, 5.41) is 3.21. The molecule has 0 amide bonds. The summed E-state index contributed by atoms with van der Waals surface area (Å²) in [6, 6.07) is 20.0. The molecule has 4 aromatic rings. The van der Waals surface area contributed by atoms with E-state index in [0.717, 1.165) is 55.1 Å².